The first-order valence-corrected chi connectivity index (χ1v) is 19.2. The van der Waals surface area contributed by atoms with Crippen molar-refractivity contribution in [3.05, 3.63) is 109 Å². The van der Waals surface area contributed by atoms with E-state index in [4.69, 9.17) is 54.5 Å². The number of hydrogen-bond donors (Lipinski definition) is 4. The van der Waals surface area contributed by atoms with Gasteiger partial charge in [0.1, 0.15) is 23.1 Å². The summed E-state index contributed by atoms with van der Waals surface area (Å²) in [5.41, 5.74) is 9.05. The zero-order valence-electron chi connectivity index (χ0n) is 29.2. The molecule has 0 unspecified atom stereocenters. The Balaban J connectivity index is 0.000000167. The van der Waals surface area contributed by atoms with Gasteiger partial charge in [0.25, 0.3) is 0 Å². The van der Waals surface area contributed by atoms with E-state index < -0.39 is 20.8 Å². The molecular weight excluding hydrogens is 741 g/mol. The van der Waals surface area contributed by atoms with Crippen molar-refractivity contribution in [1.29, 1.82) is 0 Å². The molecule has 0 atom stereocenters. The van der Waals surface area contributed by atoms with Crippen LogP contribution in [0.2, 0.25) is 0 Å². The molecule has 4 N–H and O–H groups in total. The molecular formula is C36H38N6O10S2. The predicted molar refractivity (Wildman–Crippen MR) is 200 cm³/mol. The zero-order chi connectivity index (χ0) is 38.9. The van der Waals surface area contributed by atoms with E-state index in [-0.39, 0.29) is 0 Å². The smallest absolute Gasteiger partial charge is 0.394 e. The summed E-state index contributed by atoms with van der Waals surface area (Å²) in [5, 5.41) is 0. The van der Waals surface area contributed by atoms with Crippen molar-refractivity contribution in [2.75, 3.05) is 14.2 Å². The van der Waals surface area contributed by atoms with E-state index in [1.807, 2.05) is 49.1 Å². The summed E-state index contributed by atoms with van der Waals surface area (Å²) >= 11 is 0. The number of nitrogens with zero attached hydrogens (tertiary/aromatic N) is 6. The van der Waals surface area contributed by atoms with Crippen LogP contribution < -0.4 is 9.47 Å². The van der Waals surface area contributed by atoms with E-state index in [0.717, 1.165) is 59.9 Å². The highest BCUT2D eigenvalue weighted by atomic mass is 32.3. The molecule has 8 rings (SSSR count). The van der Waals surface area contributed by atoms with Gasteiger partial charge in [0.2, 0.25) is 0 Å². The second-order valence-corrected chi connectivity index (χ2v) is 13.6. The third-order valence-corrected chi connectivity index (χ3v) is 8.29. The molecule has 6 heterocycles. The Bertz CT molecular complexity index is 2180. The third-order valence-electron chi connectivity index (χ3n) is 8.29. The first kappa shape index (κ1) is 39.7. The Kier molecular flexibility index (Phi) is 12.9. The molecule has 16 nitrogen and oxygen atoms in total. The van der Waals surface area contributed by atoms with E-state index in [2.05, 4.69) is 67.6 Å². The van der Waals surface area contributed by atoms with Gasteiger partial charge in [0, 0.05) is 73.0 Å². The van der Waals surface area contributed by atoms with Gasteiger partial charge in [0.15, 0.2) is 0 Å². The molecule has 0 saturated carbocycles. The quantitative estimate of drug-likeness (QED) is 0.146. The second kappa shape index (κ2) is 17.5. The normalized spacial score (nSPS) is 12.9. The highest BCUT2D eigenvalue weighted by Gasteiger charge is 2.24. The van der Waals surface area contributed by atoms with Gasteiger partial charge >= 0.3 is 20.8 Å². The number of imidazole rings is 2. The van der Waals surface area contributed by atoms with Crippen molar-refractivity contribution >= 4 is 20.8 Å². The summed E-state index contributed by atoms with van der Waals surface area (Å²) in [6.07, 6.45) is 11.8. The molecule has 0 spiro atoms. The Labute approximate surface area is 312 Å². The molecule has 54 heavy (non-hydrogen) atoms. The summed E-state index contributed by atoms with van der Waals surface area (Å²) in [5.74, 6) is 4.08. The van der Waals surface area contributed by atoms with Crippen LogP contribution in [-0.2, 0) is 46.7 Å². The van der Waals surface area contributed by atoms with Crippen LogP contribution in [0.1, 0.15) is 24.5 Å². The lowest BCUT2D eigenvalue weighted by Gasteiger charge is -2.08. The largest absolute Gasteiger partial charge is 0.497 e. The van der Waals surface area contributed by atoms with Crippen LogP contribution in [0.5, 0.6) is 11.5 Å². The van der Waals surface area contributed by atoms with Crippen LogP contribution in [0, 0.1) is 0 Å². The fourth-order valence-electron chi connectivity index (χ4n) is 6.16. The monoisotopic (exact) mass is 778 g/mol. The molecule has 4 aromatic heterocycles. The van der Waals surface area contributed by atoms with Gasteiger partial charge in [-0.2, -0.15) is 16.8 Å². The summed E-state index contributed by atoms with van der Waals surface area (Å²) in [7, 11) is -5.97. The highest BCUT2D eigenvalue weighted by molar-refractivity contribution is 7.80. The SMILES string of the molecule is COc1ccc(-c2nc3n(c2-c2ccncc2)CCC3)cc1.COc1ccc(-c2nc3n(c2-c2ccncc2)CCC3)cc1.O=S(=O)(O)O.O=S(=O)(O)O. The van der Waals surface area contributed by atoms with Gasteiger partial charge in [-0.25, -0.2) is 9.97 Å². The summed E-state index contributed by atoms with van der Waals surface area (Å²) in [6.45, 7) is 2.08. The number of pyridine rings is 2. The van der Waals surface area contributed by atoms with Gasteiger partial charge in [-0.1, -0.05) is 0 Å². The van der Waals surface area contributed by atoms with Crippen LogP contribution in [0.15, 0.2) is 97.6 Å². The Hall–Kier alpha value is -5.50. The minimum atomic E-state index is -4.67. The lowest BCUT2D eigenvalue weighted by atomic mass is 10.1. The minimum absolute atomic E-state index is 0.862. The van der Waals surface area contributed by atoms with Crippen LogP contribution >= 0.6 is 0 Å². The van der Waals surface area contributed by atoms with Gasteiger partial charge in [-0.15, -0.1) is 0 Å². The average molecular weight is 779 g/mol. The average Bonchev–Trinajstić information content (AvgIpc) is 3.93. The van der Waals surface area contributed by atoms with Crippen LogP contribution in [0.25, 0.3) is 45.0 Å². The molecule has 0 saturated heterocycles. The predicted octanol–water partition coefficient (Wildman–Crippen LogP) is 5.83. The topological polar surface area (TPSA) is 229 Å². The van der Waals surface area contributed by atoms with Crippen molar-refractivity contribution in [2.24, 2.45) is 0 Å². The molecule has 0 fully saturated rings. The molecule has 18 heteroatoms. The van der Waals surface area contributed by atoms with E-state index in [1.54, 1.807) is 14.2 Å². The van der Waals surface area contributed by atoms with Gasteiger partial charge in [0.05, 0.1) is 37.0 Å². The number of rotatable bonds is 6. The molecule has 6 aromatic rings. The van der Waals surface area contributed by atoms with Crippen molar-refractivity contribution in [1.82, 2.24) is 29.1 Å². The Morgan fingerprint density at radius 1 is 0.519 bits per heavy atom. The summed E-state index contributed by atoms with van der Waals surface area (Å²) in [4.78, 5) is 18.0. The Morgan fingerprint density at radius 3 is 1.13 bits per heavy atom. The molecule has 0 aliphatic carbocycles. The molecule has 2 aliphatic heterocycles. The van der Waals surface area contributed by atoms with E-state index in [1.165, 1.54) is 47.0 Å². The number of aromatic nitrogens is 6. The van der Waals surface area contributed by atoms with Crippen LogP contribution in [0.4, 0.5) is 0 Å². The summed E-state index contributed by atoms with van der Waals surface area (Å²) in [6, 6.07) is 24.4. The number of methoxy groups -OCH3 is 2. The second-order valence-electron chi connectivity index (χ2n) is 11.8. The molecule has 0 amide bonds. The van der Waals surface area contributed by atoms with Crippen molar-refractivity contribution in [2.45, 2.75) is 38.8 Å². The molecule has 0 bridgehead atoms. The maximum absolute atomic E-state index is 8.74. The minimum Gasteiger partial charge on any atom is -0.497 e. The van der Waals surface area contributed by atoms with Gasteiger partial charge in [-0.3, -0.25) is 28.2 Å². The molecule has 284 valence electrons. The first-order valence-electron chi connectivity index (χ1n) is 16.4. The van der Waals surface area contributed by atoms with Crippen molar-refractivity contribution in [3.8, 4) is 56.5 Å². The number of hydrogen-bond acceptors (Lipinski definition) is 10. The third kappa shape index (κ3) is 10.8. The zero-order valence-corrected chi connectivity index (χ0v) is 30.9. The first-order chi connectivity index (χ1) is 25.7. The molecule has 0 radical (unpaired) electrons. The van der Waals surface area contributed by atoms with Gasteiger partial charge < -0.3 is 18.6 Å². The lowest BCUT2D eigenvalue weighted by Crippen LogP contribution is -1.96. The fourth-order valence-corrected chi connectivity index (χ4v) is 6.16. The number of fused-ring (bicyclic) bond motifs is 2. The van der Waals surface area contributed by atoms with Gasteiger partial charge in [-0.05, 0) is 85.6 Å². The van der Waals surface area contributed by atoms with E-state index >= 15 is 0 Å². The van der Waals surface area contributed by atoms with Crippen LogP contribution in [-0.4, -0.2) is 78.3 Å². The van der Waals surface area contributed by atoms with E-state index in [0.29, 0.717) is 0 Å². The number of ether oxygens (including phenoxy) is 2. The highest BCUT2D eigenvalue weighted by Crippen LogP contribution is 2.37. The maximum Gasteiger partial charge on any atom is 0.394 e. The number of benzene rings is 2. The fraction of sp³-hybridized carbons (Fsp3) is 0.222. The maximum atomic E-state index is 8.74. The summed E-state index contributed by atoms with van der Waals surface area (Å²) < 4.78 is 78.3. The molecule has 2 aromatic carbocycles. The van der Waals surface area contributed by atoms with Crippen molar-refractivity contribution < 1.29 is 44.5 Å². The van der Waals surface area contributed by atoms with Crippen LogP contribution in [0.3, 0.4) is 0 Å². The van der Waals surface area contributed by atoms with Crippen molar-refractivity contribution in [3.63, 3.8) is 0 Å². The lowest BCUT2D eigenvalue weighted by molar-refractivity contribution is 0.378. The van der Waals surface area contributed by atoms with E-state index in [9.17, 15) is 0 Å². The molecule has 2 aliphatic rings. The Morgan fingerprint density at radius 2 is 0.833 bits per heavy atom. The standard InChI is InChI=1S/2C18H17N3O.2H2O4S/c2*1-22-15-6-4-13(5-7-15)17-18(14-8-10-19-11-9-14)21-12-2-3-16(21)20-17;2*1-5(2,3)4/h2*4-11H,2-3,12H2,1H3;2*(H2,1,2,3,4). The number of aryl methyl sites for hydroxylation is 2.